The van der Waals surface area contributed by atoms with Crippen molar-refractivity contribution < 1.29 is 0 Å². The van der Waals surface area contributed by atoms with E-state index in [1.807, 2.05) is 19.9 Å². The zero-order valence-corrected chi connectivity index (χ0v) is 8.80. The number of rotatable bonds is 1. The van der Waals surface area contributed by atoms with Gasteiger partial charge >= 0.3 is 0 Å². The van der Waals surface area contributed by atoms with Crippen molar-refractivity contribution >= 4 is 11.6 Å². The van der Waals surface area contributed by atoms with Gasteiger partial charge in [0, 0.05) is 11.7 Å². The highest BCUT2D eigenvalue weighted by Gasteiger charge is 2.40. The largest absolute Gasteiger partial charge is 0.321 e. The van der Waals surface area contributed by atoms with E-state index in [1.54, 1.807) is 12.3 Å². The molecule has 1 aliphatic carbocycles. The van der Waals surface area contributed by atoms with Crippen LogP contribution in [-0.2, 0) is 5.54 Å². The Kier molecular flexibility index (Phi) is 3.28. The maximum Gasteiger partial charge on any atom is 0.129 e. The molecule has 0 aromatic carbocycles. The highest BCUT2D eigenvalue weighted by molar-refractivity contribution is 6.29. The van der Waals surface area contributed by atoms with Gasteiger partial charge in [0.05, 0.1) is 0 Å². The Balaban J connectivity index is 0.000000396. The molecule has 2 nitrogen and oxygen atoms in total. The van der Waals surface area contributed by atoms with E-state index in [9.17, 15) is 0 Å². The number of nitrogens with zero attached hydrogens (tertiary/aromatic N) is 1. The van der Waals surface area contributed by atoms with E-state index in [-0.39, 0.29) is 5.54 Å². The summed E-state index contributed by atoms with van der Waals surface area (Å²) >= 11 is 5.63. The molecule has 0 unspecified atom stereocenters. The van der Waals surface area contributed by atoms with Gasteiger partial charge in [-0.05, 0) is 24.5 Å². The molecule has 1 aromatic rings. The van der Waals surface area contributed by atoms with Crippen molar-refractivity contribution in [1.29, 1.82) is 0 Å². The number of pyridine rings is 1. The van der Waals surface area contributed by atoms with Gasteiger partial charge in [-0.3, -0.25) is 0 Å². The lowest BCUT2D eigenvalue weighted by Crippen LogP contribution is -2.18. The first-order valence-electron chi connectivity index (χ1n) is 4.62. The molecule has 2 N–H and O–H groups in total. The lowest BCUT2D eigenvalue weighted by Gasteiger charge is -2.06. The third-order valence-corrected chi connectivity index (χ3v) is 2.31. The molecule has 1 saturated carbocycles. The molecular formula is C10H15ClN2. The van der Waals surface area contributed by atoms with Crippen LogP contribution < -0.4 is 5.73 Å². The minimum absolute atomic E-state index is 0.0857. The molecule has 0 bridgehead atoms. The average molecular weight is 199 g/mol. The molecule has 2 rings (SSSR count). The Labute approximate surface area is 84.1 Å². The third-order valence-electron chi connectivity index (χ3n) is 2.09. The molecule has 0 spiro atoms. The summed E-state index contributed by atoms with van der Waals surface area (Å²) in [6.45, 7) is 4.00. The minimum Gasteiger partial charge on any atom is -0.321 e. The predicted octanol–water partition coefficient (Wildman–Crippen LogP) is 2.71. The van der Waals surface area contributed by atoms with E-state index < -0.39 is 0 Å². The smallest absolute Gasteiger partial charge is 0.129 e. The van der Waals surface area contributed by atoms with Gasteiger partial charge < -0.3 is 5.73 Å². The first kappa shape index (κ1) is 10.5. The normalized spacial score (nSPS) is 17.2. The zero-order valence-electron chi connectivity index (χ0n) is 8.05. The van der Waals surface area contributed by atoms with Crippen LogP contribution in [0.1, 0.15) is 32.3 Å². The quantitative estimate of drug-likeness (QED) is 0.705. The van der Waals surface area contributed by atoms with Crippen molar-refractivity contribution in [3.8, 4) is 0 Å². The molecule has 13 heavy (non-hydrogen) atoms. The van der Waals surface area contributed by atoms with E-state index in [2.05, 4.69) is 4.98 Å². The van der Waals surface area contributed by atoms with Gasteiger partial charge in [-0.25, -0.2) is 4.98 Å². The number of aromatic nitrogens is 1. The van der Waals surface area contributed by atoms with E-state index in [1.165, 1.54) is 0 Å². The summed E-state index contributed by atoms with van der Waals surface area (Å²) in [5.74, 6) is 0. The summed E-state index contributed by atoms with van der Waals surface area (Å²) in [7, 11) is 0. The SMILES string of the molecule is CC.NC1(c2ccc(Cl)nc2)CC1. The van der Waals surface area contributed by atoms with Gasteiger partial charge in [-0.15, -0.1) is 0 Å². The highest BCUT2D eigenvalue weighted by atomic mass is 35.5. The molecule has 0 amide bonds. The fourth-order valence-corrected chi connectivity index (χ4v) is 1.21. The van der Waals surface area contributed by atoms with E-state index in [0.29, 0.717) is 5.15 Å². The van der Waals surface area contributed by atoms with Crippen LogP contribution in [0.25, 0.3) is 0 Å². The lowest BCUT2D eigenvalue weighted by atomic mass is 10.1. The molecule has 0 aliphatic heterocycles. The van der Waals surface area contributed by atoms with Crippen LogP contribution in [0.4, 0.5) is 0 Å². The van der Waals surface area contributed by atoms with E-state index in [0.717, 1.165) is 18.4 Å². The maximum atomic E-state index is 5.93. The summed E-state index contributed by atoms with van der Waals surface area (Å²) < 4.78 is 0. The van der Waals surface area contributed by atoms with Gasteiger partial charge in [0.2, 0.25) is 0 Å². The average Bonchev–Trinajstić information content (AvgIpc) is 2.89. The molecule has 72 valence electrons. The molecule has 1 heterocycles. The van der Waals surface area contributed by atoms with Gasteiger partial charge in [0.1, 0.15) is 5.15 Å². The molecule has 1 aliphatic rings. The van der Waals surface area contributed by atoms with Crippen molar-refractivity contribution in [2.45, 2.75) is 32.2 Å². The summed E-state index contributed by atoms with van der Waals surface area (Å²) in [4.78, 5) is 3.97. The second-order valence-corrected chi connectivity index (χ2v) is 3.41. The summed E-state index contributed by atoms with van der Waals surface area (Å²) in [5, 5.41) is 0.526. The topological polar surface area (TPSA) is 38.9 Å². The maximum absolute atomic E-state index is 5.93. The monoisotopic (exact) mass is 198 g/mol. The molecule has 1 aromatic heterocycles. The fourth-order valence-electron chi connectivity index (χ4n) is 1.09. The summed E-state index contributed by atoms with van der Waals surface area (Å²) in [6.07, 6.45) is 3.89. The van der Waals surface area contributed by atoms with Gasteiger partial charge in [0.15, 0.2) is 0 Å². The molecule has 3 heteroatoms. The first-order chi connectivity index (χ1) is 6.21. The molecule has 1 fully saturated rings. The van der Waals surface area contributed by atoms with Crippen molar-refractivity contribution in [2.75, 3.05) is 0 Å². The molecule has 0 radical (unpaired) electrons. The van der Waals surface area contributed by atoms with E-state index >= 15 is 0 Å². The van der Waals surface area contributed by atoms with Crippen LogP contribution >= 0.6 is 11.6 Å². The van der Waals surface area contributed by atoms with Crippen molar-refractivity contribution in [1.82, 2.24) is 4.98 Å². The van der Waals surface area contributed by atoms with Crippen LogP contribution in [0.2, 0.25) is 5.15 Å². The standard InChI is InChI=1S/C8H9ClN2.C2H6/c9-7-2-1-6(5-11-7)8(10)3-4-8;1-2/h1-2,5H,3-4,10H2;1-2H3. The summed E-state index contributed by atoms with van der Waals surface area (Å²) in [6, 6.07) is 3.73. The third kappa shape index (κ3) is 2.42. The lowest BCUT2D eigenvalue weighted by molar-refractivity contribution is 0.735. The fraction of sp³-hybridized carbons (Fsp3) is 0.500. The first-order valence-corrected chi connectivity index (χ1v) is 4.99. The van der Waals surface area contributed by atoms with Crippen molar-refractivity contribution in [3.63, 3.8) is 0 Å². The summed E-state index contributed by atoms with van der Waals surface area (Å²) in [5.41, 5.74) is 6.95. The Morgan fingerprint density at radius 1 is 1.38 bits per heavy atom. The Morgan fingerprint density at radius 2 is 2.00 bits per heavy atom. The van der Waals surface area contributed by atoms with Gasteiger partial charge in [0.25, 0.3) is 0 Å². The van der Waals surface area contributed by atoms with Gasteiger partial charge in [-0.1, -0.05) is 31.5 Å². The highest BCUT2D eigenvalue weighted by Crippen LogP contribution is 2.42. The number of nitrogens with two attached hydrogens (primary N) is 1. The number of hydrogen-bond acceptors (Lipinski definition) is 2. The second kappa shape index (κ2) is 4.07. The Morgan fingerprint density at radius 3 is 2.38 bits per heavy atom. The molecular weight excluding hydrogens is 184 g/mol. The number of hydrogen-bond donors (Lipinski definition) is 1. The second-order valence-electron chi connectivity index (χ2n) is 3.03. The van der Waals surface area contributed by atoms with Crippen LogP contribution in [0, 0.1) is 0 Å². The van der Waals surface area contributed by atoms with Crippen LogP contribution in [0.15, 0.2) is 18.3 Å². The van der Waals surface area contributed by atoms with Gasteiger partial charge in [-0.2, -0.15) is 0 Å². The van der Waals surface area contributed by atoms with Crippen LogP contribution in [0.3, 0.4) is 0 Å². The Bertz CT molecular complexity index is 265. The van der Waals surface area contributed by atoms with Crippen LogP contribution in [-0.4, -0.2) is 4.98 Å². The molecule has 0 atom stereocenters. The van der Waals surface area contributed by atoms with E-state index in [4.69, 9.17) is 17.3 Å². The zero-order chi connectivity index (χ0) is 9.90. The molecule has 0 saturated heterocycles. The number of halogens is 1. The van der Waals surface area contributed by atoms with Crippen LogP contribution in [0.5, 0.6) is 0 Å². The minimum atomic E-state index is -0.0857. The van der Waals surface area contributed by atoms with Crippen molar-refractivity contribution in [2.24, 2.45) is 5.73 Å². The van der Waals surface area contributed by atoms with Crippen molar-refractivity contribution in [3.05, 3.63) is 29.0 Å². The predicted molar refractivity (Wildman–Crippen MR) is 55.7 cm³/mol. The Hall–Kier alpha value is -0.600.